The first-order valence-corrected chi connectivity index (χ1v) is 6.80. The molecule has 1 N–H and O–H groups in total. The van der Waals surface area contributed by atoms with Gasteiger partial charge in [-0.15, -0.1) is 0 Å². The molecule has 106 valence electrons. The first-order chi connectivity index (χ1) is 8.17. The third kappa shape index (κ3) is 3.87. The minimum Gasteiger partial charge on any atom is -0.444 e. The summed E-state index contributed by atoms with van der Waals surface area (Å²) < 4.78 is 5.49. The van der Waals surface area contributed by atoms with Crippen LogP contribution in [0.4, 0.5) is 4.79 Å². The molecule has 1 heterocycles. The molecule has 1 saturated heterocycles. The van der Waals surface area contributed by atoms with E-state index in [1.54, 1.807) is 0 Å². The van der Waals surface area contributed by atoms with Gasteiger partial charge in [-0.1, -0.05) is 0 Å². The largest absolute Gasteiger partial charge is 0.444 e. The number of hydrogen-bond donors (Lipinski definition) is 1. The summed E-state index contributed by atoms with van der Waals surface area (Å²) >= 11 is 0. The Hall–Kier alpha value is -0.770. The van der Waals surface area contributed by atoms with Crippen molar-refractivity contribution in [3.8, 4) is 0 Å². The Balaban J connectivity index is 2.75. The molecule has 4 heteroatoms. The van der Waals surface area contributed by atoms with E-state index in [2.05, 4.69) is 13.8 Å². The number of aliphatic hydroxyl groups excluding tert-OH is 1. The van der Waals surface area contributed by atoms with Crippen molar-refractivity contribution in [3.05, 3.63) is 0 Å². The molecule has 0 bridgehead atoms. The molecule has 1 rings (SSSR count). The molecule has 0 radical (unpaired) electrons. The summed E-state index contributed by atoms with van der Waals surface area (Å²) in [4.78, 5) is 14.2. The zero-order valence-corrected chi connectivity index (χ0v) is 12.3. The molecular formula is C14H27NO3. The quantitative estimate of drug-likeness (QED) is 0.845. The molecule has 0 spiro atoms. The Labute approximate surface area is 110 Å². The molecule has 1 amide bonds. The van der Waals surface area contributed by atoms with E-state index < -0.39 is 5.60 Å². The molecule has 4 nitrogen and oxygen atoms in total. The van der Waals surface area contributed by atoms with Crippen molar-refractivity contribution in [3.63, 3.8) is 0 Å². The van der Waals surface area contributed by atoms with Gasteiger partial charge in [-0.05, 0) is 60.3 Å². The highest BCUT2D eigenvalue weighted by Gasteiger charge is 2.43. The average Bonchev–Trinajstić information content (AvgIpc) is 2.48. The van der Waals surface area contributed by atoms with E-state index in [0.717, 1.165) is 25.7 Å². The Kier molecular flexibility index (Phi) is 4.65. The summed E-state index contributed by atoms with van der Waals surface area (Å²) in [6, 6.07) is 0.196. The second-order valence-corrected chi connectivity index (χ2v) is 6.72. The van der Waals surface area contributed by atoms with Gasteiger partial charge in [0.05, 0.1) is 0 Å². The fraction of sp³-hybridized carbons (Fsp3) is 0.929. The minimum absolute atomic E-state index is 0.150. The van der Waals surface area contributed by atoms with Gasteiger partial charge < -0.3 is 14.7 Å². The van der Waals surface area contributed by atoms with Gasteiger partial charge in [0, 0.05) is 18.2 Å². The van der Waals surface area contributed by atoms with Crippen LogP contribution in [0.5, 0.6) is 0 Å². The fourth-order valence-corrected chi connectivity index (χ4v) is 2.57. The predicted octanol–water partition coefficient (Wildman–Crippen LogP) is 2.94. The second-order valence-electron chi connectivity index (χ2n) is 6.72. The minimum atomic E-state index is -0.461. The number of carbonyl (C=O) groups is 1. The highest BCUT2D eigenvalue weighted by atomic mass is 16.6. The standard InChI is InChI=1S/C14H27NO3/c1-13(2,3)18-12(17)15-11(7-6-10-16)8-9-14(15,4)5/h11,16H,6-10H2,1-5H3/t11-/m1/s1. The van der Waals surface area contributed by atoms with Crippen molar-refractivity contribution in [1.82, 2.24) is 4.90 Å². The molecule has 0 unspecified atom stereocenters. The topological polar surface area (TPSA) is 49.8 Å². The van der Waals surface area contributed by atoms with E-state index in [1.165, 1.54) is 0 Å². The van der Waals surface area contributed by atoms with E-state index >= 15 is 0 Å². The van der Waals surface area contributed by atoms with Crippen molar-refractivity contribution in [2.24, 2.45) is 0 Å². The average molecular weight is 257 g/mol. The summed E-state index contributed by atoms with van der Waals surface area (Å²) in [6.45, 7) is 9.99. The van der Waals surface area contributed by atoms with E-state index in [1.807, 2.05) is 25.7 Å². The van der Waals surface area contributed by atoms with E-state index in [0.29, 0.717) is 0 Å². The lowest BCUT2D eigenvalue weighted by molar-refractivity contribution is 0.00246. The van der Waals surface area contributed by atoms with Gasteiger partial charge in [0.2, 0.25) is 0 Å². The molecule has 1 aliphatic heterocycles. The monoisotopic (exact) mass is 257 g/mol. The summed E-state index contributed by atoms with van der Waals surface area (Å²) in [5, 5.41) is 8.93. The molecule has 0 aromatic rings. The Morgan fingerprint density at radius 1 is 1.44 bits per heavy atom. The number of hydrogen-bond acceptors (Lipinski definition) is 3. The van der Waals surface area contributed by atoms with Gasteiger partial charge in [-0.2, -0.15) is 0 Å². The maximum absolute atomic E-state index is 12.3. The molecule has 0 aromatic heterocycles. The maximum Gasteiger partial charge on any atom is 0.410 e. The predicted molar refractivity (Wildman–Crippen MR) is 71.5 cm³/mol. The summed E-state index contributed by atoms with van der Waals surface area (Å²) in [6.07, 6.45) is 3.33. The van der Waals surface area contributed by atoms with Crippen LogP contribution in [0.25, 0.3) is 0 Å². The highest BCUT2D eigenvalue weighted by Crippen LogP contribution is 2.36. The van der Waals surface area contributed by atoms with Crippen LogP contribution in [0.3, 0.4) is 0 Å². The smallest absolute Gasteiger partial charge is 0.410 e. The molecule has 18 heavy (non-hydrogen) atoms. The number of carbonyl (C=O) groups excluding carboxylic acids is 1. The van der Waals surface area contributed by atoms with Crippen LogP contribution < -0.4 is 0 Å². The normalized spacial score (nSPS) is 23.2. The van der Waals surface area contributed by atoms with Crippen LogP contribution >= 0.6 is 0 Å². The molecule has 0 saturated carbocycles. The highest BCUT2D eigenvalue weighted by molar-refractivity contribution is 5.70. The van der Waals surface area contributed by atoms with Gasteiger partial charge >= 0.3 is 6.09 Å². The number of nitrogens with zero attached hydrogens (tertiary/aromatic N) is 1. The molecule has 1 atom stereocenters. The lowest BCUT2D eigenvalue weighted by atomic mass is 10.0. The van der Waals surface area contributed by atoms with Gasteiger partial charge in [-0.3, -0.25) is 0 Å². The van der Waals surface area contributed by atoms with Gasteiger partial charge in [-0.25, -0.2) is 4.79 Å². The van der Waals surface area contributed by atoms with E-state index in [-0.39, 0.29) is 24.3 Å². The van der Waals surface area contributed by atoms with Crippen LogP contribution in [-0.2, 0) is 4.74 Å². The molecule has 1 aliphatic rings. The first kappa shape index (κ1) is 15.3. The SMILES string of the molecule is CC(C)(C)OC(=O)N1[C@H](CCCO)CCC1(C)C. The molecule has 1 fully saturated rings. The zero-order valence-electron chi connectivity index (χ0n) is 12.3. The van der Waals surface area contributed by atoms with E-state index in [4.69, 9.17) is 9.84 Å². The summed E-state index contributed by atoms with van der Waals surface area (Å²) in [5.41, 5.74) is -0.611. The number of rotatable bonds is 3. The third-order valence-corrected chi connectivity index (χ3v) is 3.39. The van der Waals surface area contributed by atoms with Gasteiger partial charge in [0.1, 0.15) is 5.60 Å². The Morgan fingerprint density at radius 3 is 2.56 bits per heavy atom. The number of ether oxygens (including phenoxy) is 1. The van der Waals surface area contributed by atoms with Gasteiger partial charge in [0.15, 0.2) is 0 Å². The number of aliphatic hydroxyl groups is 1. The van der Waals surface area contributed by atoms with Crippen molar-refractivity contribution >= 4 is 6.09 Å². The number of amides is 1. The van der Waals surface area contributed by atoms with Crippen LogP contribution in [0, 0.1) is 0 Å². The third-order valence-electron chi connectivity index (χ3n) is 3.39. The molecule has 0 aromatic carbocycles. The van der Waals surface area contributed by atoms with Crippen LogP contribution in [0.2, 0.25) is 0 Å². The summed E-state index contributed by atoms with van der Waals surface area (Å²) in [5.74, 6) is 0. The lowest BCUT2D eigenvalue weighted by Gasteiger charge is -2.37. The zero-order chi connectivity index (χ0) is 14.0. The molecular weight excluding hydrogens is 230 g/mol. The van der Waals surface area contributed by atoms with Crippen LogP contribution in [0.15, 0.2) is 0 Å². The lowest BCUT2D eigenvalue weighted by Crippen LogP contribution is -2.49. The van der Waals surface area contributed by atoms with Crippen LogP contribution in [-0.4, -0.2) is 39.9 Å². The maximum atomic E-state index is 12.3. The second kappa shape index (κ2) is 5.47. The Morgan fingerprint density at radius 2 is 2.06 bits per heavy atom. The van der Waals surface area contributed by atoms with Crippen molar-refractivity contribution in [2.75, 3.05) is 6.61 Å². The summed E-state index contributed by atoms with van der Waals surface area (Å²) in [7, 11) is 0. The van der Waals surface area contributed by atoms with Crippen molar-refractivity contribution in [1.29, 1.82) is 0 Å². The Bertz CT molecular complexity index is 294. The van der Waals surface area contributed by atoms with Gasteiger partial charge in [0.25, 0.3) is 0 Å². The molecule has 0 aliphatic carbocycles. The van der Waals surface area contributed by atoms with E-state index in [9.17, 15) is 4.79 Å². The van der Waals surface area contributed by atoms with Crippen LogP contribution in [0.1, 0.15) is 60.3 Å². The first-order valence-electron chi connectivity index (χ1n) is 6.80. The number of likely N-dealkylation sites (tertiary alicyclic amines) is 1. The van der Waals surface area contributed by atoms with Crippen molar-refractivity contribution in [2.45, 2.75) is 77.5 Å². The van der Waals surface area contributed by atoms with Crippen molar-refractivity contribution < 1.29 is 14.6 Å². The fourth-order valence-electron chi connectivity index (χ4n) is 2.57.